The van der Waals surface area contributed by atoms with Crippen molar-refractivity contribution < 1.29 is 13.2 Å². The van der Waals surface area contributed by atoms with Crippen LogP contribution in [0.2, 0.25) is 0 Å². The van der Waals surface area contributed by atoms with E-state index in [-0.39, 0.29) is 28.5 Å². The van der Waals surface area contributed by atoms with Gasteiger partial charge in [0.2, 0.25) is 11.0 Å². The minimum absolute atomic E-state index is 0.0177. The summed E-state index contributed by atoms with van der Waals surface area (Å²) >= 11 is 1.25. The molecule has 1 heterocycles. The highest BCUT2D eigenvalue weighted by atomic mass is 32.2. The summed E-state index contributed by atoms with van der Waals surface area (Å²) in [5.41, 5.74) is 0.705. The van der Waals surface area contributed by atoms with E-state index < -0.39 is 10.0 Å². The van der Waals surface area contributed by atoms with Crippen molar-refractivity contribution in [3.8, 4) is 0 Å². The van der Waals surface area contributed by atoms with E-state index in [1.165, 1.54) is 23.5 Å². The van der Waals surface area contributed by atoms with Crippen LogP contribution in [0.3, 0.4) is 0 Å². The van der Waals surface area contributed by atoms with E-state index in [4.69, 9.17) is 0 Å². The summed E-state index contributed by atoms with van der Waals surface area (Å²) in [6.07, 6.45) is 1.57. The van der Waals surface area contributed by atoms with Gasteiger partial charge in [0.15, 0.2) is 0 Å². The van der Waals surface area contributed by atoms with Crippen LogP contribution in [0.25, 0.3) is 10.2 Å². The van der Waals surface area contributed by atoms with Crippen molar-refractivity contribution in [1.82, 2.24) is 10.3 Å². The van der Waals surface area contributed by atoms with E-state index in [1.54, 1.807) is 18.2 Å². The van der Waals surface area contributed by atoms with E-state index in [2.05, 4.69) is 10.3 Å². The number of benzene rings is 2. The number of aromatic nitrogens is 1. The van der Waals surface area contributed by atoms with Crippen molar-refractivity contribution in [3.63, 3.8) is 0 Å². The molecule has 2 aromatic carbocycles. The molecule has 0 radical (unpaired) electrons. The number of para-hydroxylation sites is 1. The largest absolute Gasteiger partial charge is 0.352 e. The Balaban J connectivity index is 2.00. The first kappa shape index (κ1) is 20.3. The molecule has 1 N–H and O–H groups in total. The van der Waals surface area contributed by atoms with Crippen molar-refractivity contribution in [3.05, 3.63) is 54.6 Å². The molecule has 0 aliphatic carbocycles. The van der Waals surface area contributed by atoms with Gasteiger partial charge >= 0.3 is 0 Å². The number of carbonyl (C=O) groups is 1. The molecular formula is C20H23N3O3S2. The summed E-state index contributed by atoms with van der Waals surface area (Å²) in [5.74, 6) is -0.340. The Morgan fingerprint density at radius 3 is 2.36 bits per heavy atom. The highest BCUT2D eigenvalue weighted by molar-refractivity contribution is 7.93. The van der Waals surface area contributed by atoms with Crippen LogP contribution in [0.5, 0.6) is 0 Å². The minimum atomic E-state index is -3.93. The van der Waals surface area contributed by atoms with E-state index in [1.807, 2.05) is 38.1 Å². The lowest BCUT2D eigenvalue weighted by atomic mass is 10.2. The number of anilines is 1. The first-order chi connectivity index (χ1) is 13.5. The number of sulfonamides is 1. The fourth-order valence-electron chi connectivity index (χ4n) is 2.84. The molecule has 3 aromatic rings. The Hall–Kier alpha value is -2.45. The molecule has 6 nitrogen and oxygen atoms in total. The summed E-state index contributed by atoms with van der Waals surface area (Å²) in [5, 5.41) is 3.19. The fraction of sp³-hybridized carbons (Fsp3) is 0.300. The molecule has 3 rings (SSSR count). The van der Waals surface area contributed by atoms with Gasteiger partial charge in [-0.05, 0) is 37.1 Å². The third-order valence-electron chi connectivity index (χ3n) is 4.47. The molecule has 0 atom stereocenters. The molecule has 0 fully saturated rings. The third-order valence-corrected chi connectivity index (χ3v) is 7.39. The van der Waals surface area contributed by atoms with E-state index in [0.29, 0.717) is 5.52 Å². The Kier molecular flexibility index (Phi) is 6.31. The average Bonchev–Trinajstić information content (AvgIpc) is 3.14. The number of thiazole rings is 1. The molecule has 0 saturated carbocycles. The first-order valence-electron chi connectivity index (χ1n) is 9.18. The highest BCUT2D eigenvalue weighted by Gasteiger charge is 2.30. The van der Waals surface area contributed by atoms with Crippen LogP contribution in [0.15, 0.2) is 59.5 Å². The molecule has 0 bridgehead atoms. The summed E-state index contributed by atoms with van der Waals surface area (Å²) in [6.45, 7) is 3.66. The summed E-state index contributed by atoms with van der Waals surface area (Å²) < 4.78 is 28.5. The topological polar surface area (TPSA) is 79.4 Å². The zero-order valence-corrected chi connectivity index (χ0v) is 17.5. The number of rotatable bonds is 8. The molecule has 0 aliphatic rings. The quantitative estimate of drug-likeness (QED) is 0.605. The number of hydrogen-bond donors (Lipinski definition) is 1. The lowest BCUT2D eigenvalue weighted by Crippen LogP contribution is -2.44. The highest BCUT2D eigenvalue weighted by Crippen LogP contribution is 2.32. The van der Waals surface area contributed by atoms with Crippen molar-refractivity contribution in [2.75, 3.05) is 10.8 Å². The van der Waals surface area contributed by atoms with Gasteiger partial charge in [-0.3, -0.25) is 4.79 Å². The van der Waals surface area contributed by atoms with Gasteiger partial charge in [-0.15, -0.1) is 0 Å². The number of carbonyl (C=O) groups excluding carboxylic acids is 1. The third kappa shape index (κ3) is 4.34. The maximum atomic E-state index is 13.3. The van der Waals surface area contributed by atoms with Crippen molar-refractivity contribution >= 4 is 42.6 Å². The van der Waals surface area contributed by atoms with Crippen molar-refractivity contribution in [2.45, 2.75) is 37.6 Å². The van der Waals surface area contributed by atoms with Crippen molar-refractivity contribution in [2.24, 2.45) is 0 Å². The number of hydrogen-bond acceptors (Lipinski definition) is 5. The van der Waals surface area contributed by atoms with E-state index >= 15 is 0 Å². The molecule has 0 saturated heterocycles. The normalized spacial score (nSPS) is 11.7. The van der Waals surface area contributed by atoms with Crippen LogP contribution in [-0.4, -0.2) is 31.9 Å². The van der Waals surface area contributed by atoms with Crippen molar-refractivity contribution in [1.29, 1.82) is 0 Å². The standard InChI is InChI=1S/C20H23N3O3S2/c1-3-15(4-2)21-19(24)14-23(28(25,26)16-10-6-5-7-11-16)20-22-17-12-8-9-13-18(17)27-20/h5-13,15H,3-4,14H2,1-2H3,(H,21,24). The van der Waals surface area contributed by atoms with Crippen LogP contribution in [0.4, 0.5) is 5.13 Å². The van der Waals surface area contributed by atoms with Gasteiger partial charge < -0.3 is 5.32 Å². The zero-order chi connectivity index (χ0) is 20.1. The molecule has 1 amide bonds. The monoisotopic (exact) mass is 417 g/mol. The summed E-state index contributed by atoms with van der Waals surface area (Å²) in [4.78, 5) is 17.2. The number of fused-ring (bicyclic) bond motifs is 1. The zero-order valence-electron chi connectivity index (χ0n) is 15.8. The second-order valence-corrected chi connectivity index (χ2v) is 9.24. The van der Waals surface area contributed by atoms with Crippen LogP contribution < -0.4 is 9.62 Å². The Morgan fingerprint density at radius 2 is 1.71 bits per heavy atom. The summed E-state index contributed by atoms with van der Waals surface area (Å²) in [7, 11) is -3.93. The Morgan fingerprint density at radius 1 is 1.07 bits per heavy atom. The molecule has 0 unspecified atom stereocenters. The van der Waals surface area contributed by atoms with Crippen LogP contribution in [-0.2, 0) is 14.8 Å². The van der Waals surface area contributed by atoms with Gasteiger partial charge in [0.05, 0.1) is 15.1 Å². The Labute approximate surface area is 169 Å². The van der Waals surface area contributed by atoms with Gasteiger partial charge in [0, 0.05) is 6.04 Å². The average molecular weight is 418 g/mol. The maximum absolute atomic E-state index is 13.3. The van der Waals surface area contributed by atoms with E-state index in [0.717, 1.165) is 21.8 Å². The van der Waals surface area contributed by atoms with Crippen LogP contribution in [0.1, 0.15) is 26.7 Å². The first-order valence-corrected chi connectivity index (χ1v) is 11.4. The molecule has 148 valence electrons. The predicted octanol–water partition coefficient (Wildman–Crippen LogP) is 3.80. The van der Waals surface area contributed by atoms with Gasteiger partial charge in [-0.1, -0.05) is 55.5 Å². The lowest BCUT2D eigenvalue weighted by Gasteiger charge is -2.23. The number of amides is 1. The number of nitrogens with zero attached hydrogens (tertiary/aromatic N) is 2. The molecular weight excluding hydrogens is 394 g/mol. The number of nitrogens with one attached hydrogen (secondary N) is 1. The lowest BCUT2D eigenvalue weighted by molar-refractivity contribution is -0.120. The fourth-order valence-corrected chi connectivity index (χ4v) is 5.41. The van der Waals surface area contributed by atoms with E-state index in [9.17, 15) is 13.2 Å². The maximum Gasteiger partial charge on any atom is 0.266 e. The Bertz CT molecular complexity index is 1010. The SMILES string of the molecule is CCC(CC)NC(=O)CN(c1nc2ccccc2s1)S(=O)(=O)c1ccccc1. The molecule has 0 aliphatic heterocycles. The van der Waals surface area contributed by atoms with Gasteiger partial charge in [0.1, 0.15) is 6.54 Å². The van der Waals surface area contributed by atoms with Gasteiger partial charge in [0.25, 0.3) is 10.0 Å². The van der Waals surface area contributed by atoms with Crippen LogP contribution in [0, 0.1) is 0 Å². The van der Waals surface area contributed by atoms with Gasteiger partial charge in [-0.25, -0.2) is 17.7 Å². The second-order valence-electron chi connectivity index (χ2n) is 6.37. The molecule has 1 aromatic heterocycles. The predicted molar refractivity (Wildman–Crippen MR) is 113 cm³/mol. The molecule has 0 spiro atoms. The molecule has 8 heteroatoms. The minimum Gasteiger partial charge on any atom is -0.352 e. The summed E-state index contributed by atoms with van der Waals surface area (Å²) in [6, 6.07) is 15.6. The second kappa shape index (κ2) is 8.70. The smallest absolute Gasteiger partial charge is 0.266 e. The van der Waals surface area contributed by atoms with Crippen LogP contribution >= 0.6 is 11.3 Å². The molecule has 28 heavy (non-hydrogen) atoms. The van der Waals surface area contributed by atoms with Gasteiger partial charge in [-0.2, -0.15) is 0 Å².